The summed E-state index contributed by atoms with van der Waals surface area (Å²) in [6.07, 6.45) is -0.300. The third-order valence-corrected chi connectivity index (χ3v) is 7.11. The van der Waals surface area contributed by atoms with Crippen molar-refractivity contribution in [2.75, 3.05) is 19.0 Å². The monoisotopic (exact) mass is 427 g/mol. The summed E-state index contributed by atoms with van der Waals surface area (Å²) in [5.41, 5.74) is 10.3. The average molecular weight is 427 g/mol. The Balaban J connectivity index is 1.88. The molecule has 1 aromatic rings. The van der Waals surface area contributed by atoms with Crippen LogP contribution < -0.4 is 16.4 Å². The van der Waals surface area contributed by atoms with E-state index in [0.717, 1.165) is 5.69 Å². The van der Waals surface area contributed by atoms with Gasteiger partial charge in [-0.25, -0.2) is 0 Å². The zero-order valence-corrected chi connectivity index (χ0v) is 17.6. The summed E-state index contributed by atoms with van der Waals surface area (Å²) in [5.74, 6) is -9.26. The maximum Gasteiger partial charge on any atom is 0.235 e. The minimum atomic E-state index is -2.64. The van der Waals surface area contributed by atoms with Gasteiger partial charge in [-0.3, -0.25) is 24.0 Å². The van der Waals surface area contributed by atoms with Gasteiger partial charge < -0.3 is 21.5 Å². The van der Waals surface area contributed by atoms with Gasteiger partial charge in [-0.15, -0.1) is 0 Å². The van der Waals surface area contributed by atoms with Crippen LogP contribution in [0.2, 0.25) is 0 Å². The largest absolute Gasteiger partial charge is 0.377 e. The Morgan fingerprint density at radius 1 is 1.16 bits per heavy atom. The summed E-state index contributed by atoms with van der Waals surface area (Å²) in [5, 5.41) is 11.2. The third-order valence-electron chi connectivity index (χ3n) is 7.11. The number of nitrogens with zero attached hydrogens (tertiary/aromatic N) is 1. The number of benzene rings is 1. The molecule has 31 heavy (non-hydrogen) atoms. The smallest absolute Gasteiger partial charge is 0.235 e. The average Bonchev–Trinajstić information content (AvgIpc) is 2.63. The van der Waals surface area contributed by atoms with Gasteiger partial charge in [0.05, 0.1) is 0 Å². The van der Waals surface area contributed by atoms with E-state index in [1.165, 1.54) is 0 Å². The highest BCUT2D eigenvalue weighted by Crippen LogP contribution is 2.51. The highest BCUT2D eigenvalue weighted by Gasteiger charge is 2.69. The summed E-state index contributed by atoms with van der Waals surface area (Å²) >= 11 is 0. The molecular formula is C22H25N3O6. The second-order valence-electron chi connectivity index (χ2n) is 9.26. The van der Waals surface area contributed by atoms with Crippen LogP contribution in [-0.2, 0) is 25.6 Å². The molecule has 2 saturated carbocycles. The molecule has 0 heterocycles. The predicted molar refractivity (Wildman–Crippen MR) is 109 cm³/mol. The van der Waals surface area contributed by atoms with Gasteiger partial charge in [0.15, 0.2) is 34.7 Å². The molecule has 3 aliphatic carbocycles. The van der Waals surface area contributed by atoms with Gasteiger partial charge in [0.1, 0.15) is 5.92 Å². The highest BCUT2D eigenvalue weighted by molar-refractivity contribution is 6.31. The number of rotatable bonds is 2. The van der Waals surface area contributed by atoms with Gasteiger partial charge in [-0.1, -0.05) is 6.07 Å². The zero-order chi connectivity index (χ0) is 23.0. The molecule has 9 heteroatoms. The van der Waals surface area contributed by atoms with E-state index in [4.69, 9.17) is 11.5 Å². The fourth-order valence-corrected chi connectivity index (χ4v) is 5.69. The number of aryl methyl sites for hydroxylation is 1. The van der Waals surface area contributed by atoms with Crippen LogP contribution in [0.25, 0.3) is 0 Å². The first kappa shape index (κ1) is 21.3. The third kappa shape index (κ3) is 2.66. The number of carbonyl (C=O) groups is 5. The second-order valence-corrected chi connectivity index (χ2v) is 9.26. The van der Waals surface area contributed by atoms with Crippen molar-refractivity contribution in [2.45, 2.75) is 37.3 Å². The Bertz CT molecular complexity index is 1080. The number of hydrogen-bond acceptors (Lipinski definition) is 8. The van der Waals surface area contributed by atoms with Gasteiger partial charge >= 0.3 is 0 Å². The van der Waals surface area contributed by atoms with Crippen LogP contribution in [0.3, 0.4) is 0 Å². The fraction of sp³-hybridized carbons (Fsp3) is 0.500. The lowest BCUT2D eigenvalue weighted by Gasteiger charge is -2.53. The normalized spacial score (nSPS) is 34.7. The molecule has 0 radical (unpaired) electrons. The molecule has 9 nitrogen and oxygen atoms in total. The SMILES string of the molecule is Cc1ccc(N(C)C)c2c1C(=O)C1C(=O)C3(O)C(=O)C(C(N)=O)C(=O)CC3CC1(N)C2. The lowest BCUT2D eigenvalue weighted by molar-refractivity contribution is -0.176. The summed E-state index contributed by atoms with van der Waals surface area (Å²) in [4.78, 5) is 65.9. The number of amides is 1. The zero-order valence-electron chi connectivity index (χ0n) is 17.6. The molecule has 0 saturated heterocycles. The molecule has 4 rings (SSSR count). The number of Topliss-reactive ketones (excluding diaryl/α,β-unsaturated/α-hetero) is 4. The van der Waals surface area contributed by atoms with E-state index < -0.39 is 57.9 Å². The van der Waals surface area contributed by atoms with Crippen LogP contribution >= 0.6 is 0 Å². The quantitative estimate of drug-likeness (QED) is 0.511. The Morgan fingerprint density at radius 3 is 2.39 bits per heavy atom. The highest BCUT2D eigenvalue weighted by atomic mass is 16.3. The molecule has 5 unspecified atom stereocenters. The van der Waals surface area contributed by atoms with Crippen molar-refractivity contribution in [3.05, 3.63) is 28.8 Å². The van der Waals surface area contributed by atoms with Crippen molar-refractivity contribution >= 4 is 34.7 Å². The Hall–Kier alpha value is -2.91. The number of carbonyl (C=O) groups excluding carboxylic acids is 5. The number of aliphatic hydroxyl groups is 1. The van der Waals surface area contributed by atoms with Crippen LogP contribution in [-0.4, -0.2) is 59.4 Å². The van der Waals surface area contributed by atoms with Gasteiger partial charge in [0.25, 0.3) is 0 Å². The lowest BCUT2D eigenvalue weighted by atomic mass is 9.51. The molecule has 0 aromatic heterocycles. The molecule has 0 spiro atoms. The molecule has 2 fully saturated rings. The Labute approximate surface area is 178 Å². The van der Waals surface area contributed by atoms with Crippen LogP contribution in [0.15, 0.2) is 12.1 Å². The number of hydrogen-bond donors (Lipinski definition) is 3. The van der Waals surface area contributed by atoms with Gasteiger partial charge in [0.2, 0.25) is 5.91 Å². The fourth-order valence-electron chi connectivity index (χ4n) is 5.69. The maximum atomic E-state index is 13.6. The first-order chi connectivity index (χ1) is 14.3. The summed E-state index contributed by atoms with van der Waals surface area (Å²) in [6.45, 7) is 1.75. The second kappa shape index (κ2) is 6.54. The predicted octanol–water partition coefficient (Wildman–Crippen LogP) is -0.923. The van der Waals surface area contributed by atoms with Crippen molar-refractivity contribution < 1.29 is 29.1 Å². The van der Waals surface area contributed by atoms with Gasteiger partial charge in [0, 0.05) is 43.2 Å². The number of fused-ring (bicyclic) bond motifs is 3. The molecule has 0 bridgehead atoms. The molecular weight excluding hydrogens is 402 g/mol. The van der Waals surface area contributed by atoms with Crippen molar-refractivity contribution in [1.82, 2.24) is 0 Å². The molecule has 5 atom stereocenters. The van der Waals surface area contributed by atoms with E-state index in [0.29, 0.717) is 16.7 Å². The lowest BCUT2D eigenvalue weighted by Crippen LogP contribution is -2.74. The van der Waals surface area contributed by atoms with E-state index in [2.05, 4.69) is 0 Å². The van der Waals surface area contributed by atoms with E-state index in [9.17, 15) is 29.1 Å². The van der Waals surface area contributed by atoms with Crippen molar-refractivity contribution in [1.29, 1.82) is 0 Å². The van der Waals surface area contributed by atoms with Crippen molar-refractivity contribution in [3.8, 4) is 0 Å². The van der Waals surface area contributed by atoms with Gasteiger partial charge in [-0.05, 0) is 37.0 Å². The molecule has 0 aliphatic heterocycles. The van der Waals surface area contributed by atoms with Crippen LogP contribution in [0, 0.1) is 24.7 Å². The summed E-state index contributed by atoms with van der Waals surface area (Å²) < 4.78 is 0. The van der Waals surface area contributed by atoms with Crippen molar-refractivity contribution in [3.63, 3.8) is 0 Å². The number of primary amides is 1. The topological polar surface area (TPSA) is 161 Å². The standard InChI is InChI=1S/C22H25N3O6/c1-9-4-5-12(25(2)3)11-8-21(24)7-10-6-13(26)15(20(23)30)18(28)22(10,31)19(29)16(21)17(27)14(9)11/h4-5,10,15-16,31H,6-8,24H2,1-3H3,(H2,23,30). The maximum absolute atomic E-state index is 13.6. The molecule has 164 valence electrons. The number of ketones is 4. The van der Waals surface area contributed by atoms with Crippen molar-refractivity contribution in [2.24, 2.45) is 29.2 Å². The molecule has 3 aliphatic rings. The minimum Gasteiger partial charge on any atom is -0.377 e. The van der Waals surface area contributed by atoms with E-state index in [-0.39, 0.29) is 19.3 Å². The summed E-state index contributed by atoms with van der Waals surface area (Å²) in [6, 6.07) is 3.64. The number of nitrogens with two attached hydrogens (primary N) is 2. The Kier molecular flexibility index (Phi) is 4.50. The van der Waals surface area contributed by atoms with E-state index in [1.807, 2.05) is 25.1 Å². The van der Waals surface area contributed by atoms with Gasteiger partial charge in [-0.2, -0.15) is 0 Å². The van der Waals surface area contributed by atoms with E-state index in [1.54, 1.807) is 13.0 Å². The van der Waals surface area contributed by atoms with Crippen LogP contribution in [0.5, 0.6) is 0 Å². The van der Waals surface area contributed by atoms with E-state index >= 15 is 0 Å². The number of anilines is 1. The van der Waals surface area contributed by atoms with Crippen LogP contribution in [0.1, 0.15) is 34.3 Å². The Morgan fingerprint density at radius 2 is 1.81 bits per heavy atom. The van der Waals surface area contributed by atoms with Crippen LogP contribution in [0.4, 0.5) is 5.69 Å². The first-order valence-corrected chi connectivity index (χ1v) is 10.1. The minimum absolute atomic E-state index is 0.0884. The molecule has 1 amide bonds. The molecule has 1 aromatic carbocycles. The summed E-state index contributed by atoms with van der Waals surface area (Å²) in [7, 11) is 3.66. The molecule has 5 N–H and O–H groups in total. The first-order valence-electron chi connectivity index (χ1n) is 10.1.